The number of rotatable bonds is 3. The van der Waals surface area contributed by atoms with Crippen molar-refractivity contribution in [2.24, 2.45) is 0 Å². The van der Waals surface area contributed by atoms with Crippen molar-refractivity contribution in [2.45, 2.75) is 32.7 Å². The van der Waals surface area contributed by atoms with E-state index in [1.165, 1.54) is 23.1 Å². The largest absolute Gasteiger partial charge is 0.496 e. The number of ether oxygens (including phenoxy) is 1. The minimum absolute atomic E-state index is 0.0698. The molecule has 0 bridgehead atoms. The fourth-order valence-corrected chi connectivity index (χ4v) is 3.54. The van der Waals surface area contributed by atoms with Crippen molar-refractivity contribution >= 4 is 11.6 Å². The number of hydrogen-bond donors (Lipinski definition) is 0. The van der Waals surface area contributed by atoms with Crippen LogP contribution in [-0.2, 0) is 0 Å². The Morgan fingerprint density at radius 3 is 2.60 bits per heavy atom. The third-order valence-electron chi connectivity index (χ3n) is 4.54. The number of nitriles is 1. The van der Waals surface area contributed by atoms with E-state index < -0.39 is 11.9 Å². The summed E-state index contributed by atoms with van der Waals surface area (Å²) in [4.78, 5) is 14.5. The highest BCUT2D eigenvalue weighted by Gasteiger charge is 2.42. The summed E-state index contributed by atoms with van der Waals surface area (Å²) in [6, 6.07) is 9.00. The zero-order valence-electron chi connectivity index (χ0n) is 14.6. The third-order valence-corrected chi connectivity index (χ3v) is 4.54. The van der Waals surface area contributed by atoms with Gasteiger partial charge >= 0.3 is 0 Å². The van der Waals surface area contributed by atoms with Crippen molar-refractivity contribution in [2.75, 3.05) is 12.0 Å². The normalized spacial score (nSPS) is 16.1. The standard InChI is InChI=1S/C20H19FN2O2/c1-11(2)17-16(25-4)8-12(3)18-19(17)15(10-22)23(20(18)24)14-7-5-6-13(21)9-14/h5-9,11,15H,1-4H3. The second-order valence-electron chi connectivity index (χ2n) is 6.44. The number of amides is 1. The number of halogens is 1. The molecular formula is C20H19FN2O2. The molecule has 0 N–H and O–H groups in total. The Balaban J connectivity index is 2.30. The molecule has 4 nitrogen and oxygen atoms in total. The van der Waals surface area contributed by atoms with E-state index in [0.717, 1.165) is 11.1 Å². The van der Waals surface area contributed by atoms with E-state index in [1.807, 2.05) is 26.8 Å². The van der Waals surface area contributed by atoms with Gasteiger partial charge in [0.2, 0.25) is 0 Å². The molecule has 1 aliphatic rings. The van der Waals surface area contributed by atoms with Crippen molar-refractivity contribution in [1.82, 2.24) is 0 Å². The van der Waals surface area contributed by atoms with Gasteiger partial charge in [0.25, 0.3) is 5.91 Å². The first-order chi connectivity index (χ1) is 11.9. The second kappa shape index (κ2) is 6.21. The number of carbonyl (C=O) groups excluding carboxylic acids is 1. The summed E-state index contributed by atoms with van der Waals surface area (Å²) in [5.41, 5.74) is 3.16. The molecule has 0 spiro atoms. The van der Waals surface area contributed by atoms with Crippen molar-refractivity contribution in [3.63, 3.8) is 0 Å². The van der Waals surface area contributed by atoms with E-state index in [9.17, 15) is 14.4 Å². The Kier molecular flexibility index (Phi) is 4.22. The van der Waals surface area contributed by atoms with E-state index in [1.54, 1.807) is 13.2 Å². The Morgan fingerprint density at radius 2 is 2.04 bits per heavy atom. The number of fused-ring (bicyclic) bond motifs is 1. The molecule has 5 heteroatoms. The molecule has 25 heavy (non-hydrogen) atoms. The zero-order valence-corrected chi connectivity index (χ0v) is 14.6. The predicted molar refractivity (Wildman–Crippen MR) is 93.4 cm³/mol. The highest BCUT2D eigenvalue weighted by Crippen LogP contribution is 2.45. The van der Waals surface area contributed by atoms with Crippen LogP contribution in [0.15, 0.2) is 30.3 Å². The quantitative estimate of drug-likeness (QED) is 0.828. The molecule has 2 aromatic rings. The highest BCUT2D eigenvalue weighted by molar-refractivity contribution is 6.13. The molecule has 0 saturated heterocycles. The van der Waals surface area contributed by atoms with Crippen molar-refractivity contribution in [3.05, 3.63) is 58.4 Å². The topological polar surface area (TPSA) is 53.3 Å². The van der Waals surface area contributed by atoms with Crippen LogP contribution in [0.2, 0.25) is 0 Å². The lowest BCUT2D eigenvalue weighted by molar-refractivity contribution is 0.0994. The first-order valence-electron chi connectivity index (χ1n) is 8.10. The minimum Gasteiger partial charge on any atom is -0.496 e. The maximum absolute atomic E-state index is 13.7. The van der Waals surface area contributed by atoms with Gasteiger partial charge in [-0.25, -0.2) is 4.39 Å². The number of carbonyl (C=O) groups is 1. The number of nitrogens with zero attached hydrogens (tertiary/aromatic N) is 2. The average Bonchev–Trinajstić information content (AvgIpc) is 2.87. The molecule has 1 aliphatic heterocycles. The van der Waals surface area contributed by atoms with Gasteiger partial charge in [-0.05, 0) is 42.7 Å². The van der Waals surface area contributed by atoms with Crippen molar-refractivity contribution < 1.29 is 13.9 Å². The lowest BCUT2D eigenvalue weighted by Gasteiger charge is -2.22. The van der Waals surface area contributed by atoms with Crippen molar-refractivity contribution in [3.8, 4) is 11.8 Å². The smallest absolute Gasteiger partial charge is 0.260 e. The van der Waals surface area contributed by atoms with E-state index in [0.29, 0.717) is 22.6 Å². The second-order valence-corrected chi connectivity index (χ2v) is 6.44. The van der Waals surface area contributed by atoms with Crippen LogP contribution in [0.4, 0.5) is 10.1 Å². The number of hydrogen-bond acceptors (Lipinski definition) is 3. The Morgan fingerprint density at radius 1 is 1.32 bits per heavy atom. The van der Waals surface area contributed by atoms with Crippen molar-refractivity contribution in [1.29, 1.82) is 5.26 Å². The molecule has 1 amide bonds. The number of anilines is 1. The molecule has 2 aromatic carbocycles. The Labute approximate surface area is 146 Å². The van der Waals surface area contributed by atoms with Crippen LogP contribution in [-0.4, -0.2) is 13.0 Å². The summed E-state index contributed by atoms with van der Waals surface area (Å²) < 4.78 is 19.2. The maximum Gasteiger partial charge on any atom is 0.260 e. The molecule has 0 radical (unpaired) electrons. The fourth-order valence-electron chi connectivity index (χ4n) is 3.54. The molecule has 1 unspecified atom stereocenters. The molecule has 3 rings (SSSR count). The maximum atomic E-state index is 13.7. The van der Waals surface area contributed by atoms with Crippen LogP contribution in [0.25, 0.3) is 0 Å². The predicted octanol–water partition coefficient (Wildman–Crippen LogP) is 4.49. The SMILES string of the molecule is COc1cc(C)c2c(c1C(C)C)C(C#N)N(c1cccc(F)c1)C2=O. The number of methoxy groups -OCH3 is 1. The fraction of sp³-hybridized carbons (Fsp3) is 0.300. The van der Waals surface area contributed by atoms with E-state index in [-0.39, 0.29) is 11.8 Å². The van der Waals surface area contributed by atoms with Crippen LogP contribution in [0.3, 0.4) is 0 Å². The zero-order chi connectivity index (χ0) is 18.3. The monoisotopic (exact) mass is 338 g/mol. The van der Waals surface area contributed by atoms with E-state index in [4.69, 9.17) is 4.74 Å². The number of aryl methyl sites for hydroxylation is 1. The van der Waals surface area contributed by atoms with Gasteiger partial charge in [-0.3, -0.25) is 9.69 Å². The summed E-state index contributed by atoms with van der Waals surface area (Å²) >= 11 is 0. The molecule has 0 saturated carbocycles. The molecular weight excluding hydrogens is 319 g/mol. The summed E-state index contributed by atoms with van der Waals surface area (Å²) in [5, 5.41) is 9.81. The van der Waals surface area contributed by atoms with Crippen LogP contribution < -0.4 is 9.64 Å². The molecule has 0 aromatic heterocycles. The summed E-state index contributed by atoms with van der Waals surface area (Å²) in [7, 11) is 1.58. The molecule has 1 atom stereocenters. The third kappa shape index (κ3) is 2.54. The number of benzene rings is 2. The average molecular weight is 338 g/mol. The van der Waals surface area contributed by atoms with Crippen LogP contribution in [0.5, 0.6) is 5.75 Å². The van der Waals surface area contributed by atoms with Gasteiger partial charge in [0.05, 0.1) is 13.2 Å². The van der Waals surface area contributed by atoms with Crippen LogP contribution >= 0.6 is 0 Å². The van der Waals surface area contributed by atoms with Gasteiger partial charge < -0.3 is 4.74 Å². The first-order valence-corrected chi connectivity index (χ1v) is 8.10. The lowest BCUT2D eigenvalue weighted by Crippen LogP contribution is -2.27. The Bertz CT molecular complexity index is 899. The van der Waals surface area contributed by atoms with Gasteiger partial charge in [-0.15, -0.1) is 0 Å². The molecule has 1 heterocycles. The Hall–Kier alpha value is -2.87. The molecule has 128 valence electrons. The van der Waals surface area contributed by atoms with E-state index in [2.05, 4.69) is 6.07 Å². The minimum atomic E-state index is -0.810. The molecule has 0 fully saturated rings. The summed E-state index contributed by atoms with van der Waals surface area (Å²) in [5.74, 6) is 0.00587. The van der Waals surface area contributed by atoms with Crippen LogP contribution in [0, 0.1) is 24.1 Å². The summed E-state index contributed by atoms with van der Waals surface area (Å²) in [6.07, 6.45) is 0. The van der Waals surface area contributed by atoms with Gasteiger partial charge in [0.1, 0.15) is 11.6 Å². The van der Waals surface area contributed by atoms with Gasteiger partial charge in [0, 0.05) is 22.4 Å². The first kappa shape index (κ1) is 17.0. The molecule has 0 aliphatic carbocycles. The summed E-state index contributed by atoms with van der Waals surface area (Å²) in [6.45, 7) is 5.82. The van der Waals surface area contributed by atoms with Crippen LogP contribution in [0.1, 0.15) is 52.9 Å². The van der Waals surface area contributed by atoms with Gasteiger partial charge in [-0.2, -0.15) is 5.26 Å². The van der Waals surface area contributed by atoms with Gasteiger partial charge in [-0.1, -0.05) is 19.9 Å². The lowest BCUT2D eigenvalue weighted by atomic mass is 9.88. The van der Waals surface area contributed by atoms with E-state index >= 15 is 0 Å². The highest BCUT2D eigenvalue weighted by atomic mass is 19.1. The van der Waals surface area contributed by atoms with Gasteiger partial charge in [0.15, 0.2) is 6.04 Å².